The molecule has 1 saturated heterocycles. The lowest BCUT2D eigenvalue weighted by Gasteiger charge is -2.31. The smallest absolute Gasteiger partial charge is 0.0590 e. The first-order valence-electron chi connectivity index (χ1n) is 6.48. The number of likely N-dealkylation sites (tertiary alicyclic amines) is 1. The highest BCUT2D eigenvalue weighted by molar-refractivity contribution is 4.73. The predicted octanol–water partition coefficient (Wildman–Crippen LogP) is 0.317. The summed E-state index contributed by atoms with van der Waals surface area (Å²) in [6.07, 6.45) is 2.50. The third kappa shape index (κ3) is 5.80. The van der Waals surface area contributed by atoms with Gasteiger partial charge in [0.15, 0.2) is 0 Å². The summed E-state index contributed by atoms with van der Waals surface area (Å²) in [7, 11) is 0. The molecule has 16 heavy (non-hydrogen) atoms. The van der Waals surface area contributed by atoms with Crippen LogP contribution in [-0.4, -0.2) is 62.6 Å². The molecule has 0 aromatic heterocycles. The molecular weight excluding hydrogens is 204 g/mol. The minimum absolute atomic E-state index is 0.289. The highest BCUT2D eigenvalue weighted by Gasteiger charge is 2.17. The predicted molar refractivity (Wildman–Crippen MR) is 65.6 cm³/mol. The monoisotopic (exact) mass is 230 g/mol. The molecule has 1 aliphatic rings. The van der Waals surface area contributed by atoms with Gasteiger partial charge in [0.05, 0.1) is 13.2 Å². The molecule has 0 saturated carbocycles. The molecule has 1 heterocycles. The maximum absolute atomic E-state index is 8.84. The van der Waals surface area contributed by atoms with Gasteiger partial charge >= 0.3 is 0 Å². The van der Waals surface area contributed by atoms with Crippen molar-refractivity contribution in [2.24, 2.45) is 5.92 Å². The summed E-state index contributed by atoms with van der Waals surface area (Å²) in [5.41, 5.74) is 0. The van der Waals surface area contributed by atoms with Crippen LogP contribution >= 0.6 is 0 Å². The van der Waals surface area contributed by atoms with Crippen molar-refractivity contribution in [3.63, 3.8) is 0 Å². The van der Waals surface area contributed by atoms with E-state index >= 15 is 0 Å². The van der Waals surface area contributed by atoms with Gasteiger partial charge < -0.3 is 20.1 Å². The lowest BCUT2D eigenvalue weighted by atomic mass is 9.97. The van der Waals surface area contributed by atoms with E-state index in [0.717, 1.165) is 51.9 Å². The number of hydrogen-bond acceptors (Lipinski definition) is 4. The van der Waals surface area contributed by atoms with Gasteiger partial charge in [-0.2, -0.15) is 0 Å². The third-order valence-electron chi connectivity index (χ3n) is 3.18. The zero-order valence-corrected chi connectivity index (χ0v) is 10.5. The summed E-state index contributed by atoms with van der Waals surface area (Å²) in [5.74, 6) is 0.802. The van der Waals surface area contributed by atoms with Crippen LogP contribution in [0.4, 0.5) is 0 Å². The zero-order chi connectivity index (χ0) is 11.6. The Morgan fingerprint density at radius 2 is 2.12 bits per heavy atom. The van der Waals surface area contributed by atoms with Crippen LogP contribution in [0.1, 0.15) is 19.8 Å². The number of β-amino-alcohol motifs (C(OH)–C–C–N with tert-alkyl or cyclic N) is 1. The van der Waals surface area contributed by atoms with E-state index in [0.29, 0.717) is 0 Å². The molecule has 1 fully saturated rings. The fraction of sp³-hybridized carbons (Fsp3) is 1.00. The van der Waals surface area contributed by atoms with Gasteiger partial charge in [-0.3, -0.25) is 0 Å². The summed E-state index contributed by atoms with van der Waals surface area (Å²) in [6, 6.07) is 0. The average molecular weight is 230 g/mol. The Labute approximate surface area is 99.0 Å². The fourth-order valence-corrected chi connectivity index (χ4v) is 2.15. The number of nitrogens with one attached hydrogen (secondary N) is 1. The van der Waals surface area contributed by atoms with Crippen molar-refractivity contribution in [3.05, 3.63) is 0 Å². The van der Waals surface area contributed by atoms with E-state index in [-0.39, 0.29) is 6.61 Å². The molecular formula is C12H26N2O2. The van der Waals surface area contributed by atoms with Crippen LogP contribution in [0.5, 0.6) is 0 Å². The van der Waals surface area contributed by atoms with Crippen LogP contribution in [-0.2, 0) is 4.74 Å². The SMILES string of the molecule is CCOCCNCC1CCN(CCO)CC1. The average Bonchev–Trinajstić information content (AvgIpc) is 2.31. The van der Waals surface area contributed by atoms with Crippen molar-refractivity contribution < 1.29 is 9.84 Å². The molecule has 0 atom stereocenters. The van der Waals surface area contributed by atoms with Crippen molar-refractivity contribution in [1.82, 2.24) is 10.2 Å². The van der Waals surface area contributed by atoms with Crippen molar-refractivity contribution >= 4 is 0 Å². The van der Waals surface area contributed by atoms with E-state index in [2.05, 4.69) is 10.2 Å². The van der Waals surface area contributed by atoms with Crippen molar-refractivity contribution in [1.29, 1.82) is 0 Å². The van der Waals surface area contributed by atoms with Gasteiger partial charge in [-0.05, 0) is 45.3 Å². The van der Waals surface area contributed by atoms with Crippen molar-refractivity contribution in [2.75, 3.05) is 52.5 Å². The number of aliphatic hydroxyl groups is 1. The van der Waals surface area contributed by atoms with Gasteiger partial charge in [0.2, 0.25) is 0 Å². The van der Waals surface area contributed by atoms with Crippen LogP contribution in [0.2, 0.25) is 0 Å². The molecule has 1 rings (SSSR count). The van der Waals surface area contributed by atoms with Crippen molar-refractivity contribution in [3.8, 4) is 0 Å². The highest BCUT2D eigenvalue weighted by atomic mass is 16.5. The summed E-state index contributed by atoms with van der Waals surface area (Å²) in [4.78, 5) is 2.34. The first-order valence-corrected chi connectivity index (χ1v) is 6.48. The molecule has 4 heteroatoms. The van der Waals surface area contributed by atoms with Gasteiger partial charge in [0.25, 0.3) is 0 Å². The van der Waals surface area contributed by atoms with E-state index in [1.54, 1.807) is 0 Å². The number of nitrogens with zero attached hydrogens (tertiary/aromatic N) is 1. The van der Waals surface area contributed by atoms with E-state index in [1.165, 1.54) is 12.8 Å². The van der Waals surface area contributed by atoms with Gasteiger partial charge in [-0.25, -0.2) is 0 Å². The highest BCUT2D eigenvalue weighted by Crippen LogP contribution is 2.15. The van der Waals surface area contributed by atoms with E-state index < -0.39 is 0 Å². The van der Waals surface area contributed by atoms with Crippen molar-refractivity contribution in [2.45, 2.75) is 19.8 Å². The Kier molecular flexibility index (Phi) is 7.76. The second kappa shape index (κ2) is 8.93. The number of aliphatic hydroxyl groups excluding tert-OH is 1. The number of hydrogen-bond donors (Lipinski definition) is 2. The van der Waals surface area contributed by atoms with E-state index in [9.17, 15) is 0 Å². The molecule has 0 aliphatic carbocycles. The lowest BCUT2D eigenvalue weighted by molar-refractivity contribution is 0.136. The minimum Gasteiger partial charge on any atom is -0.395 e. The standard InChI is InChI=1S/C12H26N2O2/c1-2-16-10-5-13-11-12-3-6-14(7-4-12)8-9-15/h12-13,15H,2-11H2,1H3. The van der Waals surface area contributed by atoms with Crippen LogP contribution < -0.4 is 5.32 Å². The maximum atomic E-state index is 8.84. The quantitative estimate of drug-likeness (QED) is 0.589. The zero-order valence-electron chi connectivity index (χ0n) is 10.5. The molecule has 1 aliphatic heterocycles. The van der Waals surface area contributed by atoms with Gasteiger partial charge in [-0.15, -0.1) is 0 Å². The first kappa shape index (κ1) is 13.9. The molecule has 0 aromatic rings. The molecule has 0 bridgehead atoms. The summed E-state index contributed by atoms with van der Waals surface area (Å²) in [6.45, 7) is 9.13. The maximum Gasteiger partial charge on any atom is 0.0590 e. The van der Waals surface area contributed by atoms with Crippen LogP contribution in [0.3, 0.4) is 0 Å². The minimum atomic E-state index is 0.289. The van der Waals surface area contributed by atoms with E-state index in [1.807, 2.05) is 6.92 Å². The Morgan fingerprint density at radius 3 is 2.75 bits per heavy atom. The van der Waals surface area contributed by atoms with Crippen LogP contribution in [0, 0.1) is 5.92 Å². The lowest BCUT2D eigenvalue weighted by Crippen LogP contribution is -2.39. The number of ether oxygens (including phenoxy) is 1. The number of rotatable bonds is 8. The summed E-state index contributed by atoms with van der Waals surface area (Å²) < 4.78 is 5.27. The van der Waals surface area contributed by atoms with Crippen LogP contribution in [0.15, 0.2) is 0 Å². The Morgan fingerprint density at radius 1 is 1.38 bits per heavy atom. The van der Waals surface area contributed by atoms with Gasteiger partial charge in [0.1, 0.15) is 0 Å². The van der Waals surface area contributed by atoms with Crippen LogP contribution in [0.25, 0.3) is 0 Å². The summed E-state index contributed by atoms with van der Waals surface area (Å²) >= 11 is 0. The second-order valence-corrected chi connectivity index (χ2v) is 4.41. The molecule has 0 radical (unpaired) electrons. The first-order chi connectivity index (χ1) is 7.86. The fourth-order valence-electron chi connectivity index (χ4n) is 2.15. The normalized spacial score (nSPS) is 19.1. The Balaban J connectivity index is 1.95. The topological polar surface area (TPSA) is 44.7 Å². The largest absolute Gasteiger partial charge is 0.395 e. The molecule has 4 nitrogen and oxygen atoms in total. The molecule has 0 unspecified atom stereocenters. The second-order valence-electron chi connectivity index (χ2n) is 4.41. The third-order valence-corrected chi connectivity index (χ3v) is 3.18. The Bertz CT molecular complexity index is 159. The molecule has 0 aromatic carbocycles. The van der Waals surface area contributed by atoms with Gasteiger partial charge in [0, 0.05) is 19.7 Å². The molecule has 0 amide bonds. The van der Waals surface area contributed by atoms with Gasteiger partial charge in [-0.1, -0.05) is 0 Å². The summed E-state index contributed by atoms with van der Waals surface area (Å²) in [5, 5.41) is 12.3. The molecule has 96 valence electrons. The Hall–Kier alpha value is -0.160. The molecule has 0 spiro atoms. The van der Waals surface area contributed by atoms with E-state index in [4.69, 9.17) is 9.84 Å². The number of piperidine rings is 1. The molecule has 2 N–H and O–H groups in total.